The van der Waals surface area contributed by atoms with Gasteiger partial charge >= 0.3 is 23.9 Å². The molecule has 3 rings (SSSR count). The summed E-state index contributed by atoms with van der Waals surface area (Å²) in [6.07, 6.45) is -8.08. The van der Waals surface area contributed by atoms with Crippen molar-refractivity contribution in [2.45, 2.75) is 74.5 Å². The van der Waals surface area contributed by atoms with Gasteiger partial charge in [-0.15, -0.1) is 0 Å². The quantitative estimate of drug-likeness (QED) is 0.0681. The van der Waals surface area contributed by atoms with Crippen molar-refractivity contribution in [1.29, 1.82) is 0 Å². The molecular formula is C29H38O15. The van der Waals surface area contributed by atoms with Gasteiger partial charge in [-0.1, -0.05) is 43.8 Å². The fraction of sp³-hybridized carbons (Fsp3) is 0.586. The molecule has 2 aliphatic heterocycles. The van der Waals surface area contributed by atoms with Gasteiger partial charge in [0.25, 0.3) is 0 Å². The summed E-state index contributed by atoms with van der Waals surface area (Å²) in [4.78, 5) is 49.1. The largest absolute Gasteiger partial charge is 0.479 e. The Hall–Kier alpha value is -3.44. The molecule has 8 unspecified atom stereocenters. The summed E-state index contributed by atoms with van der Waals surface area (Å²) in [7, 11) is 1.41. The highest BCUT2D eigenvalue weighted by Gasteiger charge is 2.85. The van der Waals surface area contributed by atoms with Gasteiger partial charge in [0.15, 0.2) is 0 Å². The van der Waals surface area contributed by atoms with Crippen molar-refractivity contribution in [2.24, 2.45) is 5.92 Å². The number of carboxylic acids is 3. The van der Waals surface area contributed by atoms with E-state index in [0.29, 0.717) is 12.0 Å². The Bertz CT molecular complexity index is 1220. The molecule has 0 radical (unpaired) electrons. The van der Waals surface area contributed by atoms with Crippen molar-refractivity contribution in [3.05, 3.63) is 48.0 Å². The third kappa shape index (κ3) is 6.49. The summed E-state index contributed by atoms with van der Waals surface area (Å²) < 4.78 is 32.5. The lowest BCUT2D eigenvalue weighted by atomic mass is 9.74. The van der Waals surface area contributed by atoms with Gasteiger partial charge in [0.05, 0.1) is 13.2 Å². The molecule has 44 heavy (non-hydrogen) atoms. The summed E-state index contributed by atoms with van der Waals surface area (Å²) in [6, 6.07) is 9.34. The molecule has 2 heterocycles. The standard InChI is InChI=1S/C29H38O15/c1-16(20(42-18(3)30)17(2)14-19-8-6-5-7-9-19)10-11-27-22(41-15-40-13-12-39-4)21(31)29(44-27,26(36)37)28(38,25(34)35)23(43-27)24(32)33/h5-9,17,20-23,31,38H,1,10-15H2,2-4H3,(H,32,33)(H,34,35)(H,36,37). The number of methoxy groups -OCH3 is 1. The van der Waals surface area contributed by atoms with Gasteiger partial charge in [0.2, 0.25) is 23.1 Å². The second-order valence-electron chi connectivity index (χ2n) is 10.8. The van der Waals surface area contributed by atoms with Crippen molar-refractivity contribution < 1.29 is 73.1 Å². The van der Waals surface area contributed by atoms with Gasteiger partial charge in [-0.25, -0.2) is 14.4 Å². The minimum Gasteiger partial charge on any atom is -0.479 e. The number of benzene rings is 1. The zero-order valence-corrected chi connectivity index (χ0v) is 24.5. The van der Waals surface area contributed by atoms with Crippen molar-refractivity contribution in [1.82, 2.24) is 0 Å². The Balaban J connectivity index is 1.99. The summed E-state index contributed by atoms with van der Waals surface area (Å²) in [5.74, 6) is -9.89. The Labute approximate surface area is 252 Å². The maximum Gasteiger partial charge on any atom is 0.343 e. The van der Waals surface area contributed by atoms with Crippen LogP contribution in [0.15, 0.2) is 42.5 Å². The van der Waals surface area contributed by atoms with Crippen LogP contribution in [0.5, 0.6) is 0 Å². The second-order valence-corrected chi connectivity index (χ2v) is 10.8. The first-order chi connectivity index (χ1) is 20.7. The van der Waals surface area contributed by atoms with Crippen LogP contribution in [0.3, 0.4) is 0 Å². The van der Waals surface area contributed by atoms with Crippen LogP contribution in [0.25, 0.3) is 0 Å². The van der Waals surface area contributed by atoms with E-state index in [2.05, 4.69) is 6.58 Å². The van der Waals surface area contributed by atoms with Crippen LogP contribution in [0.4, 0.5) is 0 Å². The molecule has 0 aliphatic carbocycles. The number of aliphatic carboxylic acids is 3. The summed E-state index contributed by atoms with van der Waals surface area (Å²) >= 11 is 0. The number of carbonyl (C=O) groups is 4. The minimum atomic E-state index is -3.80. The zero-order chi connectivity index (χ0) is 32.9. The zero-order valence-electron chi connectivity index (χ0n) is 24.5. The van der Waals surface area contributed by atoms with E-state index < -0.39 is 78.5 Å². The lowest BCUT2D eigenvalue weighted by Gasteiger charge is -2.48. The van der Waals surface area contributed by atoms with Gasteiger partial charge in [-0.2, -0.15) is 0 Å². The monoisotopic (exact) mass is 626 g/mol. The van der Waals surface area contributed by atoms with Crippen LogP contribution < -0.4 is 0 Å². The number of carboxylic acid groups (broad SMARTS) is 3. The lowest BCUT2D eigenvalue weighted by molar-refractivity contribution is -0.377. The van der Waals surface area contributed by atoms with Crippen LogP contribution in [0, 0.1) is 5.92 Å². The molecule has 15 nitrogen and oxygen atoms in total. The normalized spacial score (nSPS) is 30.7. The third-order valence-corrected chi connectivity index (χ3v) is 7.77. The maximum absolute atomic E-state index is 12.6. The molecular weight excluding hydrogens is 588 g/mol. The highest BCUT2D eigenvalue weighted by atomic mass is 16.8. The number of esters is 1. The van der Waals surface area contributed by atoms with Crippen molar-refractivity contribution >= 4 is 23.9 Å². The SMILES string of the molecule is C=C(CCC12OC(C(=O)O)C(O)(C(=O)O)C(C(=O)O)(O1)C(O)C2OCOCCOC)C(OC(C)=O)C(C)Cc1ccccc1. The molecule has 2 aliphatic rings. The van der Waals surface area contributed by atoms with Crippen LogP contribution in [0.1, 0.15) is 32.3 Å². The number of rotatable bonds is 17. The maximum atomic E-state index is 12.6. The number of hydrogen-bond acceptors (Lipinski definition) is 12. The van der Waals surface area contributed by atoms with Gasteiger partial charge in [0.1, 0.15) is 25.1 Å². The molecule has 1 aromatic rings. The molecule has 2 saturated heterocycles. The first-order valence-electron chi connectivity index (χ1n) is 13.7. The van der Waals surface area contributed by atoms with E-state index in [9.17, 15) is 44.7 Å². The van der Waals surface area contributed by atoms with Crippen LogP contribution in [0.2, 0.25) is 0 Å². The van der Waals surface area contributed by atoms with Crippen molar-refractivity contribution in [3.63, 3.8) is 0 Å². The number of ether oxygens (including phenoxy) is 6. The van der Waals surface area contributed by atoms with Crippen LogP contribution >= 0.6 is 0 Å². The van der Waals surface area contributed by atoms with Gasteiger partial charge in [-0.05, 0) is 24.0 Å². The topological polar surface area (TPSA) is 225 Å². The highest BCUT2D eigenvalue weighted by molar-refractivity contribution is 5.97. The molecule has 1 aromatic carbocycles. The fourth-order valence-electron chi connectivity index (χ4n) is 5.70. The molecule has 15 heteroatoms. The molecule has 8 atom stereocenters. The Morgan fingerprint density at radius 3 is 2.27 bits per heavy atom. The second kappa shape index (κ2) is 14.1. The lowest BCUT2D eigenvalue weighted by Crippen LogP contribution is -2.77. The van der Waals surface area contributed by atoms with Crippen molar-refractivity contribution in [3.8, 4) is 0 Å². The molecule has 0 saturated carbocycles. The Morgan fingerprint density at radius 1 is 1.07 bits per heavy atom. The van der Waals surface area contributed by atoms with E-state index in [1.807, 2.05) is 37.3 Å². The molecule has 0 aromatic heterocycles. The van der Waals surface area contributed by atoms with E-state index in [1.54, 1.807) is 0 Å². The highest BCUT2D eigenvalue weighted by Crippen LogP contribution is 2.55. The van der Waals surface area contributed by atoms with Crippen LogP contribution in [-0.2, 0) is 54.0 Å². The van der Waals surface area contributed by atoms with Crippen molar-refractivity contribution in [2.75, 3.05) is 27.1 Å². The van der Waals surface area contributed by atoms with Gasteiger partial charge in [-0.3, -0.25) is 4.79 Å². The fourth-order valence-corrected chi connectivity index (χ4v) is 5.70. The van der Waals surface area contributed by atoms with E-state index >= 15 is 0 Å². The molecule has 2 bridgehead atoms. The number of aliphatic hydroxyl groups is 2. The number of carbonyl (C=O) groups excluding carboxylic acids is 1. The first kappa shape index (κ1) is 35.0. The number of fused-ring (bicyclic) bond motifs is 2. The molecule has 5 N–H and O–H groups in total. The average Bonchev–Trinajstić information content (AvgIpc) is 3.18. The first-order valence-corrected chi connectivity index (χ1v) is 13.7. The number of hydrogen-bond donors (Lipinski definition) is 5. The smallest absolute Gasteiger partial charge is 0.343 e. The Kier molecular flexibility index (Phi) is 11.2. The van der Waals surface area contributed by atoms with Gasteiger partial charge in [0, 0.05) is 26.4 Å². The van der Waals surface area contributed by atoms with Crippen LogP contribution in [-0.4, -0.2) is 118 Å². The summed E-state index contributed by atoms with van der Waals surface area (Å²) in [6.45, 7) is 6.62. The molecule has 0 spiro atoms. The van der Waals surface area contributed by atoms with Gasteiger partial charge < -0.3 is 54.0 Å². The molecule has 0 amide bonds. The number of aliphatic hydroxyl groups excluding tert-OH is 1. The summed E-state index contributed by atoms with van der Waals surface area (Å²) in [5.41, 5.74) is -6.00. The van der Waals surface area contributed by atoms with E-state index in [1.165, 1.54) is 14.0 Å². The minimum absolute atomic E-state index is 0.00902. The predicted octanol–water partition coefficient (Wildman–Crippen LogP) is 0.349. The van der Waals surface area contributed by atoms with E-state index in [-0.39, 0.29) is 25.6 Å². The molecule has 2 fully saturated rings. The average molecular weight is 627 g/mol. The van der Waals surface area contributed by atoms with E-state index in [4.69, 9.17) is 28.4 Å². The van der Waals surface area contributed by atoms with E-state index in [0.717, 1.165) is 5.56 Å². The Morgan fingerprint density at radius 2 is 1.73 bits per heavy atom. The third-order valence-electron chi connectivity index (χ3n) is 7.77. The molecule has 244 valence electrons. The summed E-state index contributed by atoms with van der Waals surface area (Å²) in [5, 5.41) is 52.4. The predicted molar refractivity (Wildman–Crippen MR) is 146 cm³/mol.